The van der Waals surface area contributed by atoms with E-state index in [-0.39, 0.29) is 12.4 Å². The van der Waals surface area contributed by atoms with Gasteiger partial charge in [0, 0.05) is 17.7 Å². The van der Waals surface area contributed by atoms with Gasteiger partial charge in [-0.05, 0) is 43.2 Å². The highest BCUT2D eigenvalue weighted by Crippen LogP contribution is 2.36. The van der Waals surface area contributed by atoms with E-state index in [9.17, 15) is 9.59 Å². The fraction of sp³-hybridized carbons (Fsp3) is 0.231. The lowest BCUT2D eigenvalue weighted by molar-refractivity contribution is -0.169. The Hall–Kier alpha value is -3.44. The molecule has 0 fully saturated rings. The van der Waals surface area contributed by atoms with Crippen LogP contribution >= 0.6 is 0 Å². The van der Waals surface area contributed by atoms with E-state index in [1.807, 2.05) is 67.6 Å². The summed E-state index contributed by atoms with van der Waals surface area (Å²) < 4.78 is 17.3. The molecule has 0 aromatic heterocycles. The molecule has 0 aliphatic heterocycles. The lowest BCUT2D eigenvalue weighted by Crippen LogP contribution is -2.41. The van der Waals surface area contributed by atoms with Crippen molar-refractivity contribution in [3.05, 3.63) is 101 Å². The normalized spacial score (nSPS) is 11.1. The lowest BCUT2D eigenvalue weighted by atomic mass is 9.86. The van der Waals surface area contributed by atoms with Crippen LogP contribution < -0.4 is 4.74 Å². The number of ether oxygens (including phenoxy) is 3. The van der Waals surface area contributed by atoms with E-state index in [1.54, 1.807) is 18.2 Å². The molecular weight excluding hydrogens is 392 g/mol. The van der Waals surface area contributed by atoms with Crippen LogP contribution in [0.4, 0.5) is 0 Å². The van der Waals surface area contributed by atoms with Gasteiger partial charge in [0.25, 0.3) is 0 Å². The topological polar surface area (TPSA) is 61.8 Å². The third-order valence-electron chi connectivity index (χ3n) is 5.05. The molecule has 0 saturated heterocycles. The summed E-state index contributed by atoms with van der Waals surface area (Å²) >= 11 is 0. The molecule has 0 amide bonds. The van der Waals surface area contributed by atoms with Gasteiger partial charge in [0.2, 0.25) is 5.60 Å². The first-order valence-corrected chi connectivity index (χ1v) is 10.1. The molecule has 0 unspecified atom stereocenters. The summed E-state index contributed by atoms with van der Waals surface area (Å²) in [4.78, 5) is 25.4. The molecule has 160 valence electrons. The van der Waals surface area contributed by atoms with Crippen molar-refractivity contribution >= 4 is 11.8 Å². The molecule has 0 saturated carbocycles. The minimum atomic E-state index is -1.41. The Balaban J connectivity index is 2.00. The highest BCUT2D eigenvalue weighted by Gasteiger charge is 2.44. The van der Waals surface area contributed by atoms with Gasteiger partial charge >= 0.3 is 5.97 Å². The van der Waals surface area contributed by atoms with Gasteiger partial charge in [0.1, 0.15) is 12.4 Å². The summed E-state index contributed by atoms with van der Waals surface area (Å²) in [5.74, 6) is -0.0753. The predicted octanol–water partition coefficient (Wildman–Crippen LogP) is 4.92. The van der Waals surface area contributed by atoms with Crippen molar-refractivity contribution in [1.29, 1.82) is 0 Å². The van der Waals surface area contributed by atoms with Gasteiger partial charge in [-0.25, -0.2) is 4.79 Å². The number of rotatable bonds is 9. The van der Waals surface area contributed by atoms with Crippen molar-refractivity contribution in [2.24, 2.45) is 0 Å². The van der Waals surface area contributed by atoms with Gasteiger partial charge in [-0.15, -0.1) is 0 Å². The second kappa shape index (κ2) is 10.0. The van der Waals surface area contributed by atoms with Gasteiger partial charge in [-0.3, -0.25) is 4.79 Å². The first-order chi connectivity index (χ1) is 15.0. The molecule has 5 heteroatoms. The number of methoxy groups -OCH3 is 1. The van der Waals surface area contributed by atoms with Gasteiger partial charge < -0.3 is 14.2 Å². The zero-order chi connectivity index (χ0) is 22.3. The Morgan fingerprint density at radius 3 is 1.94 bits per heavy atom. The zero-order valence-electron chi connectivity index (χ0n) is 18.0. The summed E-state index contributed by atoms with van der Waals surface area (Å²) in [6.45, 7) is 3.58. The van der Waals surface area contributed by atoms with Gasteiger partial charge in [-0.1, -0.05) is 60.7 Å². The van der Waals surface area contributed by atoms with E-state index in [0.29, 0.717) is 34.6 Å². The Morgan fingerprint density at radius 2 is 1.45 bits per heavy atom. The van der Waals surface area contributed by atoms with Crippen LogP contribution in [0.15, 0.2) is 78.9 Å². The highest BCUT2D eigenvalue weighted by molar-refractivity contribution is 5.94. The zero-order valence-corrected chi connectivity index (χ0v) is 18.0. The molecule has 0 spiro atoms. The number of carbonyl (C=O) groups excluding carboxylic acids is 2. The number of carbonyl (C=O) groups is 2. The van der Waals surface area contributed by atoms with E-state index in [2.05, 4.69) is 0 Å². The smallest absolute Gasteiger partial charge is 0.348 e. The van der Waals surface area contributed by atoms with E-state index in [4.69, 9.17) is 14.2 Å². The molecule has 0 atom stereocenters. The summed E-state index contributed by atoms with van der Waals surface area (Å²) in [5.41, 5.74) is 1.07. The Labute approximate surface area is 182 Å². The van der Waals surface area contributed by atoms with Crippen LogP contribution in [-0.2, 0) is 26.5 Å². The van der Waals surface area contributed by atoms with Crippen molar-refractivity contribution in [2.75, 3.05) is 13.7 Å². The SMILES string of the molecule is CCOC(C(=O)OCc1cc(C(C)=O)ccc1OC)(c1ccccc1)c1ccccc1. The van der Waals surface area contributed by atoms with Crippen LogP contribution in [0.25, 0.3) is 0 Å². The molecule has 31 heavy (non-hydrogen) atoms. The van der Waals surface area contributed by atoms with Gasteiger partial charge in [0.05, 0.1) is 7.11 Å². The van der Waals surface area contributed by atoms with Gasteiger partial charge in [0.15, 0.2) is 5.78 Å². The van der Waals surface area contributed by atoms with Crippen molar-refractivity contribution in [3.8, 4) is 5.75 Å². The second-order valence-corrected chi connectivity index (χ2v) is 7.01. The number of hydrogen-bond acceptors (Lipinski definition) is 5. The first kappa shape index (κ1) is 22.2. The standard InChI is InChI=1S/C26H26O5/c1-4-31-26(22-11-7-5-8-12-22,23-13-9-6-10-14-23)25(28)30-18-21-17-20(19(2)27)15-16-24(21)29-3/h5-17H,4,18H2,1-3H3. The molecule has 0 radical (unpaired) electrons. The minimum absolute atomic E-state index is 0.0579. The van der Waals surface area contributed by atoms with E-state index < -0.39 is 11.6 Å². The maximum absolute atomic E-state index is 13.6. The van der Waals surface area contributed by atoms with Crippen LogP contribution in [0.1, 0.15) is 40.9 Å². The summed E-state index contributed by atoms with van der Waals surface area (Å²) in [6.07, 6.45) is 0. The maximum Gasteiger partial charge on any atom is 0.348 e. The summed E-state index contributed by atoms with van der Waals surface area (Å²) in [7, 11) is 1.53. The number of hydrogen-bond donors (Lipinski definition) is 0. The summed E-state index contributed by atoms with van der Waals surface area (Å²) in [5, 5.41) is 0. The Bertz CT molecular complexity index is 989. The van der Waals surface area contributed by atoms with E-state index >= 15 is 0 Å². The van der Waals surface area contributed by atoms with E-state index in [1.165, 1.54) is 14.0 Å². The molecule has 5 nitrogen and oxygen atoms in total. The van der Waals surface area contributed by atoms with E-state index in [0.717, 1.165) is 0 Å². The van der Waals surface area contributed by atoms with Crippen LogP contribution in [0.5, 0.6) is 5.75 Å². The number of Topliss-reactive ketones (excluding diaryl/α,β-unsaturated/α-hetero) is 1. The molecule has 0 aliphatic rings. The second-order valence-electron chi connectivity index (χ2n) is 7.01. The summed E-state index contributed by atoms with van der Waals surface area (Å²) in [6, 6.07) is 23.7. The van der Waals surface area contributed by atoms with Crippen LogP contribution in [0.2, 0.25) is 0 Å². The first-order valence-electron chi connectivity index (χ1n) is 10.1. The van der Waals surface area contributed by atoms with Crippen LogP contribution in [-0.4, -0.2) is 25.5 Å². The molecule has 0 N–H and O–H groups in total. The predicted molar refractivity (Wildman–Crippen MR) is 118 cm³/mol. The quantitative estimate of drug-likeness (QED) is 0.365. The minimum Gasteiger partial charge on any atom is -0.496 e. The molecular formula is C26H26O5. The Morgan fingerprint density at radius 1 is 0.871 bits per heavy atom. The molecule has 3 rings (SSSR count). The van der Waals surface area contributed by atoms with Crippen molar-refractivity contribution < 1.29 is 23.8 Å². The van der Waals surface area contributed by atoms with Gasteiger partial charge in [-0.2, -0.15) is 0 Å². The average molecular weight is 418 g/mol. The lowest BCUT2D eigenvalue weighted by Gasteiger charge is -2.32. The average Bonchev–Trinajstić information content (AvgIpc) is 2.81. The number of esters is 1. The molecule has 0 heterocycles. The number of ketones is 1. The van der Waals surface area contributed by atoms with Crippen molar-refractivity contribution in [2.45, 2.75) is 26.1 Å². The highest BCUT2D eigenvalue weighted by atomic mass is 16.6. The fourth-order valence-electron chi connectivity index (χ4n) is 3.55. The monoisotopic (exact) mass is 418 g/mol. The number of benzene rings is 3. The molecule has 0 bridgehead atoms. The molecule has 3 aromatic rings. The third-order valence-corrected chi connectivity index (χ3v) is 5.05. The third kappa shape index (κ3) is 4.67. The largest absolute Gasteiger partial charge is 0.496 e. The van der Waals surface area contributed by atoms with Crippen LogP contribution in [0.3, 0.4) is 0 Å². The molecule has 0 aliphatic carbocycles. The van der Waals surface area contributed by atoms with Crippen molar-refractivity contribution in [3.63, 3.8) is 0 Å². The maximum atomic E-state index is 13.6. The Kier molecular flexibility index (Phi) is 7.21. The molecule has 3 aromatic carbocycles. The fourth-order valence-corrected chi connectivity index (χ4v) is 3.55. The van der Waals surface area contributed by atoms with Crippen molar-refractivity contribution in [1.82, 2.24) is 0 Å². The van der Waals surface area contributed by atoms with Crippen LogP contribution in [0, 0.1) is 0 Å².